The summed E-state index contributed by atoms with van der Waals surface area (Å²) in [6.45, 7) is 3.57. The lowest BCUT2D eigenvalue weighted by Gasteiger charge is -2.02. The van der Waals surface area contributed by atoms with Crippen molar-refractivity contribution in [3.8, 4) is 0 Å². The van der Waals surface area contributed by atoms with Gasteiger partial charge in [0, 0.05) is 12.1 Å². The molecule has 1 aromatic heterocycles. The molecule has 0 fully saturated rings. The highest BCUT2D eigenvalue weighted by molar-refractivity contribution is 5.91. The number of aryl methyl sites for hydroxylation is 1. The molecule has 0 saturated carbocycles. The fourth-order valence-corrected chi connectivity index (χ4v) is 1.68. The average Bonchev–Trinajstić information content (AvgIpc) is 2.54. The van der Waals surface area contributed by atoms with Crippen molar-refractivity contribution in [3.05, 3.63) is 28.2 Å². The van der Waals surface area contributed by atoms with Crippen LogP contribution < -0.4 is 11.4 Å². The number of carbonyl (C=O) groups is 1. The first-order valence-electron chi connectivity index (χ1n) is 5.08. The van der Waals surface area contributed by atoms with Crippen LogP contribution in [0, 0.1) is 6.92 Å². The Morgan fingerprint density at radius 1 is 1.50 bits per heavy atom. The van der Waals surface area contributed by atoms with Crippen LogP contribution in [0.15, 0.2) is 16.9 Å². The summed E-state index contributed by atoms with van der Waals surface area (Å²) in [4.78, 5) is 25.9. The Kier molecular flexibility index (Phi) is 2.30. The molecule has 0 spiro atoms. The number of H-pyrrole nitrogens is 1. The number of hydrogen-bond acceptors (Lipinski definition) is 3. The van der Waals surface area contributed by atoms with E-state index < -0.39 is 5.69 Å². The second-order valence-electron chi connectivity index (χ2n) is 3.74. The molecule has 2 rings (SSSR count). The molecule has 0 aliphatic carbocycles. The second kappa shape index (κ2) is 3.52. The lowest BCUT2D eigenvalue weighted by atomic mass is 10.2. The largest absolute Gasteiger partial charge is 0.398 e. The van der Waals surface area contributed by atoms with Crippen LogP contribution in [0.5, 0.6) is 0 Å². The van der Waals surface area contributed by atoms with Gasteiger partial charge in [0.15, 0.2) is 0 Å². The maximum atomic E-state index is 11.6. The van der Waals surface area contributed by atoms with Gasteiger partial charge in [-0.3, -0.25) is 4.79 Å². The molecular weight excluding hydrogens is 206 g/mol. The third kappa shape index (κ3) is 1.41. The van der Waals surface area contributed by atoms with Crippen molar-refractivity contribution in [3.63, 3.8) is 0 Å². The Hall–Kier alpha value is -2.04. The van der Waals surface area contributed by atoms with Crippen LogP contribution in [-0.2, 0) is 0 Å². The quantitative estimate of drug-likeness (QED) is 0.709. The zero-order valence-corrected chi connectivity index (χ0v) is 9.20. The molecule has 16 heavy (non-hydrogen) atoms. The maximum absolute atomic E-state index is 11.6. The minimum atomic E-state index is -0.410. The maximum Gasteiger partial charge on any atom is 0.333 e. The molecule has 0 atom stereocenters. The summed E-state index contributed by atoms with van der Waals surface area (Å²) >= 11 is 0. The summed E-state index contributed by atoms with van der Waals surface area (Å²) in [6.07, 6.45) is 0.278. The molecule has 0 saturated heterocycles. The lowest BCUT2D eigenvalue weighted by molar-refractivity contribution is 0.0910. The van der Waals surface area contributed by atoms with Crippen molar-refractivity contribution in [1.29, 1.82) is 0 Å². The van der Waals surface area contributed by atoms with Crippen LogP contribution in [-0.4, -0.2) is 15.5 Å². The topological polar surface area (TPSA) is 80.9 Å². The van der Waals surface area contributed by atoms with Gasteiger partial charge >= 0.3 is 5.69 Å². The summed E-state index contributed by atoms with van der Waals surface area (Å²) in [5, 5.41) is 0. The Bertz CT molecular complexity index is 622. The number of carbonyl (C=O) groups excluding carboxylic acids is 1. The van der Waals surface area contributed by atoms with Crippen molar-refractivity contribution in [2.45, 2.75) is 20.3 Å². The Labute approximate surface area is 91.9 Å². The molecule has 0 bridgehead atoms. The first kappa shape index (κ1) is 10.5. The third-order valence-electron chi connectivity index (χ3n) is 2.62. The van der Waals surface area contributed by atoms with Gasteiger partial charge in [-0.15, -0.1) is 0 Å². The predicted molar refractivity (Wildman–Crippen MR) is 62.6 cm³/mol. The molecule has 0 amide bonds. The number of nitrogen functional groups attached to an aromatic ring is 1. The van der Waals surface area contributed by atoms with Gasteiger partial charge in [0.25, 0.3) is 0 Å². The molecule has 5 heteroatoms. The number of nitrogens with two attached hydrogens (primary N) is 1. The van der Waals surface area contributed by atoms with Crippen molar-refractivity contribution in [1.82, 2.24) is 9.55 Å². The SMILES string of the molecule is CCC(=O)n1c(=O)[nH]c2cc(C)c(N)cc21. The summed E-state index contributed by atoms with van der Waals surface area (Å²) in [5.74, 6) is -0.237. The molecule has 0 radical (unpaired) electrons. The van der Waals surface area contributed by atoms with Crippen LogP contribution in [0.25, 0.3) is 11.0 Å². The number of benzene rings is 1. The van der Waals surface area contributed by atoms with Gasteiger partial charge in [0.1, 0.15) is 0 Å². The van der Waals surface area contributed by atoms with E-state index in [4.69, 9.17) is 5.73 Å². The van der Waals surface area contributed by atoms with Gasteiger partial charge in [-0.25, -0.2) is 9.36 Å². The highest BCUT2D eigenvalue weighted by Gasteiger charge is 2.13. The Morgan fingerprint density at radius 2 is 2.19 bits per heavy atom. The molecule has 0 aliphatic heterocycles. The summed E-state index contributed by atoms with van der Waals surface area (Å²) in [6, 6.07) is 3.42. The number of rotatable bonds is 1. The van der Waals surface area contributed by atoms with Crippen LogP contribution >= 0.6 is 0 Å². The molecule has 0 aliphatic rings. The van der Waals surface area contributed by atoms with Crippen LogP contribution in [0.1, 0.15) is 23.7 Å². The van der Waals surface area contributed by atoms with Crippen molar-refractivity contribution < 1.29 is 4.79 Å². The molecule has 1 heterocycles. The second-order valence-corrected chi connectivity index (χ2v) is 3.74. The van der Waals surface area contributed by atoms with E-state index in [0.29, 0.717) is 16.7 Å². The number of aromatic amines is 1. The predicted octanol–water partition coefficient (Wildman–Crippen LogP) is 1.27. The summed E-state index contributed by atoms with van der Waals surface area (Å²) < 4.78 is 1.13. The minimum Gasteiger partial charge on any atom is -0.398 e. The number of imidazole rings is 1. The monoisotopic (exact) mass is 219 g/mol. The first-order chi connectivity index (χ1) is 7.54. The van der Waals surface area contributed by atoms with E-state index in [0.717, 1.165) is 10.1 Å². The van der Waals surface area contributed by atoms with Crippen molar-refractivity contribution >= 4 is 22.6 Å². The van der Waals surface area contributed by atoms with Crippen LogP contribution in [0.3, 0.4) is 0 Å². The van der Waals surface area contributed by atoms with E-state index in [1.807, 2.05) is 6.92 Å². The molecule has 84 valence electrons. The van der Waals surface area contributed by atoms with E-state index in [-0.39, 0.29) is 12.3 Å². The van der Waals surface area contributed by atoms with Gasteiger partial charge in [-0.2, -0.15) is 0 Å². The van der Waals surface area contributed by atoms with Crippen molar-refractivity contribution in [2.75, 3.05) is 5.73 Å². The van der Waals surface area contributed by atoms with E-state index in [1.165, 1.54) is 0 Å². The van der Waals surface area contributed by atoms with Gasteiger partial charge < -0.3 is 10.7 Å². The Morgan fingerprint density at radius 3 is 2.81 bits per heavy atom. The number of aromatic nitrogens is 2. The summed E-state index contributed by atoms with van der Waals surface area (Å²) in [7, 11) is 0. The first-order valence-corrected chi connectivity index (χ1v) is 5.08. The third-order valence-corrected chi connectivity index (χ3v) is 2.62. The lowest BCUT2D eigenvalue weighted by Crippen LogP contribution is -2.23. The number of hydrogen-bond donors (Lipinski definition) is 2. The summed E-state index contributed by atoms with van der Waals surface area (Å²) in [5.41, 5.74) is 7.99. The number of fused-ring (bicyclic) bond motifs is 1. The number of nitrogens with one attached hydrogen (secondary N) is 1. The molecular formula is C11H13N3O2. The zero-order chi connectivity index (χ0) is 11.9. The number of nitrogens with zero attached hydrogens (tertiary/aromatic N) is 1. The smallest absolute Gasteiger partial charge is 0.333 e. The van der Waals surface area contributed by atoms with Gasteiger partial charge in [0.2, 0.25) is 5.91 Å². The van der Waals surface area contributed by atoms with E-state index >= 15 is 0 Å². The highest BCUT2D eigenvalue weighted by Crippen LogP contribution is 2.19. The fourth-order valence-electron chi connectivity index (χ4n) is 1.68. The van der Waals surface area contributed by atoms with Gasteiger partial charge in [-0.1, -0.05) is 6.92 Å². The molecule has 3 N–H and O–H groups in total. The molecule has 0 unspecified atom stereocenters. The van der Waals surface area contributed by atoms with Gasteiger partial charge in [-0.05, 0) is 24.6 Å². The van der Waals surface area contributed by atoms with E-state index in [1.54, 1.807) is 19.1 Å². The van der Waals surface area contributed by atoms with Crippen LogP contribution in [0.4, 0.5) is 5.69 Å². The molecule has 1 aromatic carbocycles. The highest BCUT2D eigenvalue weighted by atomic mass is 16.2. The normalized spacial score (nSPS) is 10.9. The standard InChI is InChI=1S/C11H13N3O2/c1-3-10(15)14-9-5-7(12)6(2)4-8(9)13-11(14)16/h4-5H,3,12H2,1-2H3,(H,13,16). The molecule has 5 nitrogen and oxygen atoms in total. The van der Waals surface area contributed by atoms with E-state index in [9.17, 15) is 9.59 Å². The van der Waals surface area contributed by atoms with E-state index in [2.05, 4.69) is 4.98 Å². The van der Waals surface area contributed by atoms with Crippen molar-refractivity contribution in [2.24, 2.45) is 0 Å². The zero-order valence-electron chi connectivity index (χ0n) is 9.20. The van der Waals surface area contributed by atoms with Gasteiger partial charge in [0.05, 0.1) is 11.0 Å². The molecule has 2 aromatic rings. The average molecular weight is 219 g/mol. The number of anilines is 1. The Balaban J connectivity index is 2.84. The fraction of sp³-hybridized carbons (Fsp3) is 0.273. The minimum absolute atomic E-state index is 0.237. The van der Waals surface area contributed by atoms with Crippen LogP contribution in [0.2, 0.25) is 0 Å².